The summed E-state index contributed by atoms with van der Waals surface area (Å²) in [5, 5.41) is 12.8. The second kappa shape index (κ2) is 9.63. The molecule has 0 heterocycles. The third-order valence-electron chi connectivity index (χ3n) is 3.54. The number of hydrogen-bond acceptors (Lipinski definition) is 5. The summed E-state index contributed by atoms with van der Waals surface area (Å²) in [5.74, 6) is 0.00300. The highest BCUT2D eigenvalue weighted by Crippen LogP contribution is 2.43. The maximum absolute atomic E-state index is 11.9. The topological polar surface area (TPSA) is 105 Å². The van der Waals surface area contributed by atoms with Crippen molar-refractivity contribution in [1.29, 1.82) is 0 Å². The number of amides is 1. The molecule has 0 rings (SSSR count). The van der Waals surface area contributed by atoms with Crippen LogP contribution in [0.1, 0.15) is 47.0 Å². The second-order valence-electron chi connectivity index (χ2n) is 6.29. The fraction of sp³-hybridized carbons (Fsp3) is 0.929. The van der Waals surface area contributed by atoms with Crippen molar-refractivity contribution in [1.82, 2.24) is 5.32 Å². The van der Waals surface area contributed by atoms with E-state index in [4.69, 9.17) is 4.52 Å². The Hall–Kier alpha value is -0.460. The van der Waals surface area contributed by atoms with Crippen molar-refractivity contribution < 1.29 is 28.4 Å². The van der Waals surface area contributed by atoms with Gasteiger partial charge in [0.2, 0.25) is 5.91 Å². The van der Waals surface area contributed by atoms with Gasteiger partial charge in [0.15, 0.2) is 0 Å². The molecule has 3 atom stereocenters. The van der Waals surface area contributed by atoms with Crippen LogP contribution < -0.4 is 5.32 Å². The molecule has 0 aromatic carbocycles. The molecule has 3 N–H and O–H groups in total. The molecule has 0 saturated heterocycles. The average molecular weight is 339 g/mol. The lowest BCUT2D eigenvalue weighted by Gasteiger charge is -2.29. The molecule has 0 aliphatic heterocycles. The SMILES string of the molecule is CCCC(C)CCNC(=O)C(O)C(C)(C)COP(=O)(O)OC. The summed E-state index contributed by atoms with van der Waals surface area (Å²) in [7, 11) is -3.07. The van der Waals surface area contributed by atoms with E-state index in [2.05, 4.69) is 23.7 Å². The molecule has 0 aliphatic carbocycles. The summed E-state index contributed by atoms with van der Waals surface area (Å²) in [5.41, 5.74) is -1.02. The number of carbonyl (C=O) groups excluding carboxylic acids is 1. The Bertz CT molecular complexity index is 388. The Morgan fingerprint density at radius 2 is 1.95 bits per heavy atom. The summed E-state index contributed by atoms with van der Waals surface area (Å²) in [6.07, 6.45) is 1.70. The number of phosphoric acid groups is 1. The number of nitrogens with one attached hydrogen (secondary N) is 1. The van der Waals surface area contributed by atoms with Gasteiger partial charge in [-0.1, -0.05) is 40.5 Å². The first-order chi connectivity index (χ1) is 10.1. The standard InChI is InChI=1S/C14H30NO6P/c1-6-7-11(2)8-9-15-13(17)12(16)14(3,4)10-21-22(18,19)20-5/h11-12,16H,6-10H2,1-5H3,(H,15,17)(H,18,19). The van der Waals surface area contributed by atoms with Crippen LogP contribution in [0.2, 0.25) is 0 Å². The fourth-order valence-electron chi connectivity index (χ4n) is 1.91. The molecule has 0 spiro atoms. The van der Waals surface area contributed by atoms with Crippen LogP contribution in [-0.2, 0) is 18.4 Å². The number of phosphoric ester groups is 1. The van der Waals surface area contributed by atoms with Gasteiger partial charge in [-0.05, 0) is 12.3 Å². The van der Waals surface area contributed by atoms with Crippen LogP contribution in [-0.4, -0.2) is 42.3 Å². The van der Waals surface area contributed by atoms with Gasteiger partial charge in [-0.25, -0.2) is 4.57 Å². The minimum Gasteiger partial charge on any atom is -0.383 e. The number of hydrogen-bond donors (Lipinski definition) is 3. The van der Waals surface area contributed by atoms with Crippen LogP contribution in [0.25, 0.3) is 0 Å². The Balaban J connectivity index is 4.32. The Labute approximate surface area is 133 Å². The number of aliphatic hydroxyl groups excluding tert-OH is 1. The van der Waals surface area contributed by atoms with Gasteiger partial charge in [-0.15, -0.1) is 0 Å². The molecular weight excluding hydrogens is 309 g/mol. The second-order valence-corrected chi connectivity index (χ2v) is 7.85. The number of aliphatic hydroxyl groups is 1. The van der Waals surface area contributed by atoms with Crippen molar-refractivity contribution in [3.63, 3.8) is 0 Å². The predicted octanol–water partition coefficient (Wildman–Crippen LogP) is 2.08. The van der Waals surface area contributed by atoms with Crippen LogP contribution in [0, 0.1) is 11.3 Å². The van der Waals surface area contributed by atoms with E-state index in [1.54, 1.807) is 13.8 Å². The molecule has 0 saturated carbocycles. The van der Waals surface area contributed by atoms with E-state index >= 15 is 0 Å². The van der Waals surface area contributed by atoms with Gasteiger partial charge in [-0.3, -0.25) is 13.8 Å². The van der Waals surface area contributed by atoms with Gasteiger partial charge in [0, 0.05) is 19.1 Å². The third kappa shape index (κ3) is 8.25. The molecule has 132 valence electrons. The van der Waals surface area contributed by atoms with Crippen molar-refractivity contribution >= 4 is 13.7 Å². The van der Waals surface area contributed by atoms with E-state index in [0.29, 0.717) is 12.5 Å². The maximum atomic E-state index is 11.9. The van der Waals surface area contributed by atoms with Crippen LogP contribution >= 0.6 is 7.82 Å². The van der Waals surface area contributed by atoms with Crippen molar-refractivity contribution in [2.45, 2.75) is 53.1 Å². The summed E-state index contributed by atoms with van der Waals surface area (Å²) >= 11 is 0. The molecule has 1 amide bonds. The summed E-state index contributed by atoms with van der Waals surface area (Å²) in [4.78, 5) is 21.1. The minimum atomic E-state index is -4.12. The highest BCUT2D eigenvalue weighted by atomic mass is 31.2. The van der Waals surface area contributed by atoms with Gasteiger partial charge in [0.1, 0.15) is 6.10 Å². The molecule has 8 heteroatoms. The summed E-state index contributed by atoms with van der Waals surface area (Å²) < 4.78 is 20.3. The molecule has 0 aromatic heterocycles. The van der Waals surface area contributed by atoms with Crippen LogP contribution in [0.3, 0.4) is 0 Å². The molecule has 0 fully saturated rings. The Kier molecular flexibility index (Phi) is 9.43. The van der Waals surface area contributed by atoms with Crippen molar-refractivity contribution in [2.24, 2.45) is 11.3 Å². The molecule has 0 aromatic rings. The zero-order chi connectivity index (χ0) is 17.4. The first kappa shape index (κ1) is 21.5. The van der Waals surface area contributed by atoms with Crippen molar-refractivity contribution in [2.75, 3.05) is 20.3 Å². The monoisotopic (exact) mass is 339 g/mol. The molecular formula is C14H30NO6P. The van der Waals surface area contributed by atoms with Crippen LogP contribution in [0.15, 0.2) is 0 Å². The maximum Gasteiger partial charge on any atom is 0.471 e. The lowest BCUT2D eigenvalue weighted by atomic mass is 9.87. The highest BCUT2D eigenvalue weighted by Gasteiger charge is 2.36. The van der Waals surface area contributed by atoms with Gasteiger partial charge < -0.3 is 15.3 Å². The fourth-order valence-corrected chi connectivity index (χ4v) is 2.51. The molecule has 22 heavy (non-hydrogen) atoms. The van der Waals surface area contributed by atoms with E-state index in [9.17, 15) is 19.4 Å². The lowest BCUT2D eigenvalue weighted by Crippen LogP contribution is -2.46. The zero-order valence-electron chi connectivity index (χ0n) is 14.2. The normalized spacial score (nSPS) is 17.6. The van der Waals surface area contributed by atoms with E-state index in [1.807, 2.05) is 0 Å². The van der Waals surface area contributed by atoms with E-state index < -0.39 is 25.2 Å². The molecule has 0 radical (unpaired) electrons. The Morgan fingerprint density at radius 1 is 1.36 bits per heavy atom. The number of carbonyl (C=O) groups is 1. The van der Waals surface area contributed by atoms with Crippen molar-refractivity contribution in [3.8, 4) is 0 Å². The smallest absolute Gasteiger partial charge is 0.383 e. The average Bonchev–Trinajstić information content (AvgIpc) is 2.44. The van der Waals surface area contributed by atoms with E-state index in [-0.39, 0.29) is 6.61 Å². The summed E-state index contributed by atoms with van der Waals surface area (Å²) in [6, 6.07) is 0. The highest BCUT2D eigenvalue weighted by molar-refractivity contribution is 7.47. The van der Waals surface area contributed by atoms with Gasteiger partial charge in [0.05, 0.1) is 6.61 Å². The minimum absolute atomic E-state index is 0.282. The molecule has 7 nitrogen and oxygen atoms in total. The van der Waals surface area contributed by atoms with Gasteiger partial charge in [0.25, 0.3) is 0 Å². The molecule has 0 aliphatic rings. The zero-order valence-corrected chi connectivity index (χ0v) is 15.1. The lowest BCUT2D eigenvalue weighted by molar-refractivity contribution is -0.137. The van der Waals surface area contributed by atoms with Gasteiger partial charge >= 0.3 is 7.82 Å². The van der Waals surface area contributed by atoms with Crippen molar-refractivity contribution in [3.05, 3.63) is 0 Å². The third-order valence-corrected chi connectivity index (χ3v) is 4.45. The van der Waals surface area contributed by atoms with Crippen LogP contribution in [0.5, 0.6) is 0 Å². The van der Waals surface area contributed by atoms with E-state index in [0.717, 1.165) is 26.4 Å². The Morgan fingerprint density at radius 3 is 2.45 bits per heavy atom. The van der Waals surface area contributed by atoms with E-state index in [1.165, 1.54) is 0 Å². The first-order valence-electron chi connectivity index (χ1n) is 7.54. The first-order valence-corrected chi connectivity index (χ1v) is 9.04. The van der Waals surface area contributed by atoms with Gasteiger partial charge in [-0.2, -0.15) is 0 Å². The largest absolute Gasteiger partial charge is 0.471 e. The molecule has 3 unspecified atom stereocenters. The summed E-state index contributed by atoms with van der Waals surface area (Å²) in [6.45, 7) is 7.59. The number of rotatable bonds is 11. The molecule has 0 bridgehead atoms. The quantitative estimate of drug-likeness (QED) is 0.498. The van der Waals surface area contributed by atoms with Crippen LogP contribution in [0.4, 0.5) is 0 Å². The predicted molar refractivity (Wildman–Crippen MR) is 84.3 cm³/mol.